The van der Waals surface area contributed by atoms with Gasteiger partial charge in [-0.2, -0.15) is 0 Å². The number of carboxylic acid groups (broad SMARTS) is 1. The standard InChI is InChI=1S/C7H8NO.C4H5O2/c1-7(9)8-5-3-2-4-6-8;1-2-3-4(5)6/h2-6H,1H3;2-3H,1H2,(H,5,6)/q+1;/p-1. The predicted molar refractivity (Wildman–Crippen MR) is 52.4 cm³/mol. The zero-order valence-electron chi connectivity index (χ0n) is 8.42. The molecule has 0 atom stereocenters. The van der Waals surface area contributed by atoms with Crippen LogP contribution in [0.4, 0.5) is 0 Å². The molecule has 0 N–H and O–H groups in total. The van der Waals surface area contributed by atoms with Crippen molar-refractivity contribution in [3.8, 4) is 0 Å². The molecule has 1 aromatic rings. The number of carbonyl (C=O) groups is 2. The summed E-state index contributed by atoms with van der Waals surface area (Å²) in [6.07, 6.45) is 5.47. The van der Waals surface area contributed by atoms with Crippen LogP contribution in [0.15, 0.2) is 43.2 Å². The van der Waals surface area contributed by atoms with E-state index in [1.54, 1.807) is 12.4 Å². The van der Waals surface area contributed by atoms with Crippen molar-refractivity contribution in [2.45, 2.75) is 6.92 Å². The summed E-state index contributed by atoms with van der Waals surface area (Å²) < 4.78 is 1.53. The van der Waals surface area contributed by atoms with Crippen molar-refractivity contribution in [3.63, 3.8) is 0 Å². The smallest absolute Gasteiger partial charge is 0.389 e. The quantitative estimate of drug-likeness (QED) is 0.627. The Kier molecular flexibility index (Phi) is 6.46. The normalized spacial score (nSPS) is 8.33. The van der Waals surface area contributed by atoms with Crippen molar-refractivity contribution in [2.24, 2.45) is 0 Å². The Labute approximate surface area is 88.5 Å². The van der Waals surface area contributed by atoms with E-state index in [-0.39, 0.29) is 5.91 Å². The molecule has 0 bridgehead atoms. The Morgan fingerprint density at radius 2 is 1.80 bits per heavy atom. The van der Waals surface area contributed by atoms with Gasteiger partial charge in [0.15, 0.2) is 12.4 Å². The minimum atomic E-state index is -1.20. The average molecular weight is 206 g/mol. The van der Waals surface area contributed by atoms with Crippen molar-refractivity contribution in [1.82, 2.24) is 0 Å². The summed E-state index contributed by atoms with van der Waals surface area (Å²) in [5, 5.41) is 9.36. The van der Waals surface area contributed by atoms with Crippen LogP contribution in [0.1, 0.15) is 11.7 Å². The monoisotopic (exact) mass is 206 g/mol. The fourth-order valence-electron chi connectivity index (χ4n) is 0.705. The second-order valence-electron chi connectivity index (χ2n) is 2.52. The summed E-state index contributed by atoms with van der Waals surface area (Å²) >= 11 is 0. The van der Waals surface area contributed by atoms with Gasteiger partial charge in [-0.3, -0.25) is 0 Å². The lowest BCUT2D eigenvalue weighted by atomic mass is 10.4. The van der Waals surface area contributed by atoms with Crippen molar-refractivity contribution in [2.75, 3.05) is 0 Å². The van der Waals surface area contributed by atoms with Crippen molar-refractivity contribution < 1.29 is 19.3 Å². The van der Waals surface area contributed by atoms with Gasteiger partial charge >= 0.3 is 5.91 Å². The van der Waals surface area contributed by atoms with Gasteiger partial charge in [0.2, 0.25) is 0 Å². The highest BCUT2D eigenvalue weighted by Crippen LogP contribution is 1.75. The molecule has 0 aliphatic heterocycles. The van der Waals surface area contributed by atoms with Crippen LogP contribution in [-0.4, -0.2) is 11.9 Å². The van der Waals surface area contributed by atoms with Crippen LogP contribution >= 0.6 is 0 Å². The topological polar surface area (TPSA) is 61.1 Å². The molecule has 1 rings (SSSR count). The van der Waals surface area contributed by atoms with Gasteiger partial charge in [0, 0.05) is 24.5 Å². The Balaban J connectivity index is 0.000000288. The molecule has 1 aromatic heterocycles. The van der Waals surface area contributed by atoms with Gasteiger partial charge in [0.25, 0.3) is 0 Å². The highest BCUT2D eigenvalue weighted by atomic mass is 16.4. The maximum atomic E-state index is 10.6. The molecule has 0 aliphatic rings. The number of hydrogen-bond acceptors (Lipinski definition) is 3. The number of hydrogen-bond donors (Lipinski definition) is 0. The van der Waals surface area contributed by atoms with E-state index in [0.29, 0.717) is 0 Å². The summed E-state index contributed by atoms with van der Waals surface area (Å²) in [6, 6.07) is 5.52. The van der Waals surface area contributed by atoms with E-state index >= 15 is 0 Å². The van der Waals surface area contributed by atoms with Crippen molar-refractivity contribution in [1.29, 1.82) is 0 Å². The lowest BCUT2D eigenvalue weighted by Crippen LogP contribution is -2.38. The molecule has 4 heteroatoms. The van der Waals surface area contributed by atoms with Gasteiger partial charge in [-0.05, 0) is 0 Å². The van der Waals surface area contributed by atoms with Crippen LogP contribution in [-0.2, 0) is 4.79 Å². The molecule has 0 saturated carbocycles. The SMILES string of the molecule is C=C[CH]C(=O)[O-].CC(=O)[n+]1ccccc1. The number of carbonyl (C=O) groups excluding carboxylic acids is 2. The van der Waals surface area contributed by atoms with Crippen LogP contribution in [0, 0.1) is 6.42 Å². The number of nitrogens with zero attached hydrogens (tertiary/aromatic N) is 1. The zero-order chi connectivity index (χ0) is 11.7. The zero-order valence-corrected chi connectivity index (χ0v) is 8.42. The van der Waals surface area contributed by atoms with E-state index in [2.05, 4.69) is 6.58 Å². The first-order valence-electron chi connectivity index (χ1n) is 4.22. The second-order valence-corrected chi connectivity index (χ2v) is 2.52. The molecule has 0 unspecified atom stereocenters. The molecule has 0 saturated heterocycles. The van der Waals surface area contributed by atoms with Crippen LogP contribution in [0.2, 0.25) is 0 Å². The lowest BCUT2D eigenvalue weighted by Gasteiger charge is -1.88. The lowest BCUT2D eigenvalue weighted by molar-refractivity contribution is -0.572. The number of aliphatic carboxylic acids is 1. The minimum Gasteiger partial charge on any atom is -0.549 e. The third-order valence-corrected chi connectivity index (χ3v) is 1.33. The van der Waals surface area contributed by atoms with Crippen LogP contribution < -0.4 is 9.67 Å². The van der Waals surface area contributed by atoms with E-state index in [4.69, 9.17) is 0 Å². The fraction of sp³-hybridized carbons (Fsp3) is 0.0909. The molecule has 0 spiro atoms. The van der Waals surface area contributed by atoms with Gasteiger partial charge in [-0.1, -0.05) is 12.1 Å². The van der Waals surface area contributed by atoms with Gasteiger partial charge in [0.05, 0.1) is 6.92 Å². The summed E-state index contributed by atoms with van der Waals surface area (Å²) in [5.41, 5.74) is 0. The maximum Gasteiger partial charge on any atom is 0.389 e. The van der Waals surface area contributed by atoms with Gasteiger partial charge in [0.1, 0.15) is 0 Å². The Morgan fingerprint density at radius 3 is 2.00 bits per heavy atom. The number of pyridine rings is 1. The Morgan fingerprint density at radius 1 is 1.27 bits per heavy atom. The molecule has 0 fully saturated rings. The molecular weight excluding hydrogens is 194 g/mol. The summed E-state index contributed by atoms with van der Waals surface area (Å²) in [7, 11) is 0. The maximum absolute atomic E-state index is 10.6. The number of rotatable bonds is 2. The van der Waals surface area contributed by atoms with Crippen molar-refractivity contribution in [3.05, 3.63) is 49.7 Å². The number of aromatic nitrogens is 1. The third-order valence-electron chi connectivity index (χ3n) is 1.33. The highest BCUT2D eigenvalue weighted by Gasteiger charge is 2.01. The number of carboxylic acids is 1. The molecule has 4 nitrogen and oxygen atoms in total. The van der Waals surface area contributed by atoms with E-state index in [0.717, 1.165) is 12.5 Å². The molecule has 15 heavy (non-hydrogen) atoms. The molecule has 0 aromatic carbocycles. The Bertz CT molecular complexity index is 333. The summed E-state index contributed by atoms with van der Waals surface area (Å²) in [6.45, 7) is 4.65. The fourth-order valence-corrected chi connectivity index (χ4v) is 0.705. The van der Waals surface area contributed by atoms with E-state index in [1.165, 1.54) is 11.5 Å². The largest absolute Gasteiger partial charge is 0.549 e. The predicted octanol–water partition coefficient (Wildman–Crippen LogP) is -0.239. The van der Waals surface area contributed by atoms with Crippen LogP contribution in [0.5, 0.6) is 0 Å². The van der Waals surface area contributed by atoms with E-state index < -0.39 is 5.97 Å². The van der Waals surface area contributed by atoms with Gasteiger partial charge in [-0.25, -0.2) is 4.79 Å². The molecular formula is C11H12NO3. The van der Waals surface area contributed by atoms with E-state index in [9.17, 15) is 14.7 Å². The van der Waals surface area contributed by atoms with Crippen LogP contribution in [0.3, 0.4) is 0 Å². The minimum absolute atomic E-state index is 0.0376. The first-order chi connectivity index (χ1) is 7.07. The van der Waals surface area contributed by atoms with Gasteiger partial charge in [-0.15, -0.1) is 11.1 Å². The Hall–Kier alpha value is -1.97. The molecule has 79 valence electrons. The molecule has 1 radical (unpaired) electrons. The van der Waals surface area contributed by atoms with E-state index in [1.807, 2.05) is 18.2 Å². The highest BCUT2D eigenvalue weighted by molar-refractivity contribution is 5.76. The summed E-state index contributed by atoms with van der Waals surface area (Å²) in [4.78, 5) is 20.0. The third kappa shape index (κ3) is 7.13. The van der Waals surface area contributed by atoms with Gasteiger partial charge < -0.3 is 9.90 Å². The average Bonchev–Trinajstić information content (AvgIpc) is 2.20. The molecule has 0 amide bonds. The van der Waals surface area contributed by atoms with Crippen LogP contribution in [0.25, 0.3) is 0 Å². The van der Waals surface area contributed by atoms with Crippen molar-refractivity contribution >= 4 is 11.9 Å². The second kappa shape index (κ2) is 7.44. The molecule has 1 heterocycles. The first kappa shape index (κ1) is 13.0. The summed E-state index contributed by atoms with van der Waals surface area (Å²) in [5.74, 6) is -1.17. The first-order valence-corrected chi connectivity index (χ1v) is 4.22. The molecule has 0 aliphatic carbocycles.